The number of aromatic nitrogens is 3. The minimum atomic E-state index is -0.176. The molecule has 2 unspecified atom stereocenters. The predicted octanol–water partition coefficient (Wildman–Crippen LogP) is 2.05. The molecule has 0 spiro atoms. The fourth-order valence-electron chi connectivity index (χ4n) is 3.04. The fraction of sp³-hybridized carbons (Fsp3) is 0.389. The van der Waals surface area contributed by atoms with Gasteiger partial charge < -0.3 is 19.8 Å². The van der Waals surface area contributed by atoms with Crippen LogP contribution in [0.4, 0.5) is 0 Å². The highest BCUT2D eigenvalue weighted by Gasteiger charge is 2.28. The van der Waals surface area contributed by atoms with Gasteiger partial charge in [0.25, 0.3) is 0 Å². The van der Waals surface area contributed by atoms with Crippen molar-refractivity contribution in [3.05, 3.63) is 46.7 Å². The molecule has 7 nitrogen and oxygen atoms in total. The second-order valence-electron chi connectivity index (χ2n) is 6.24. The molecule has 2 aromatic heterocycles. The number of benzene rings is 1. The molecule has 1 amide bonds. The molecule has 1 aliphatic heterocycles. The smallest absolute Gasteiger partial charge is 0.227 e. The van der Waals surface area contributed by atoms with Gasteiger partial charge in [0.1, 0.15) is 11.9 Å². The van der Waals surface area contributed by atoms with Gasteiger partial charge in [-0.05, 0) is 18.6 Å². The molecule has 8 heteroatoms. The van der Waals surface area contributed by atoms with Crippen LogP contribution in [0.25, 0.3) is 11.0 Å². The van der Waals surface area contributed by atoms with Crippen LogP contribution < -0.4 is 5.32 Å². The normalized spacial score (nSPS) is 20.3. The first kappa shape index (κ1) is 17.1. The Kier molecular flexibility index (Phi) is 5.24. The van der Waals surface area contributed by atoms with Crippen molar-refractivity contribution in [2.24, 2.45) is 0 Å². The van der Waals surface area contributed by atoms with Gasteiger partial charge in [-0.2, -0.15) is 0 Å². The van der Waals surface area contributed by atoms with Gasteiger partial charge in [-0.1, -0.05) is 12.1 Å². The Balaban J connectivity index is 1.35. The van der Waals surface area contributed by atoms with Crippen molar-refractivity contribution >= 4 is 28.3 Å². The number of para-hydroxylation sites is 2. The number of imidazole rings is 1. The zero-order valence-electron chi connectivity index (χ0n) is 14.2. The molecule has 2 atom stereocenters. The van der Waals surface area contributed by atoms with Crippen LogP contribution in [-0.4, -0.2) is 46.2 Å². The van der Waals surface area contributed by atoms with Crippen molar-refractivity contribution in [1.82, 2.24) is 20.3 Å². The van der Waals surface area contributed by atoms with Crippen molar-refractivity contribution in [2.75, 3.05) is 13.2 Å². The topological polar surface area (TPSA) is 89.1 Å². The van der Waals surface area contributed by atoms with Crippen LogP contribution in [0.15, 0.2) is 35.2 Å². The monoisotopic (exact) mass is 372 g/mol. The Labute approximate surface area is 154 Å². The van der Waals surface area contributed by atoms with Gasteiger partial charge in [0.15, 0.2) is 0 Å². The molecular formula is C18H20N4O3S. The number of hydrogen-bond donors (Lipinski definition) is 2. The van der Waals surface area contributed by atoms with Crippen molar-refractivity contribution in [3.63, 3.8) is 0 Å². The molecule has 3 heterocycles. The molecule has 0 aliphatic carbocycles. The maximum absolute atomic E-state index is 12.5. The summed E-state index contributed by atoms with van der Waals surface area (Å²) in [6.07, 6.45) is 0.767. The molecule has 0 bridgehead atoms. The Bertz CT molecular complexity index is 831. The molecule has 1 fully saturated rings. The number of carbonyl (C=O) groups is 1. The average molecular weight is 372 g/mol. The van der Waals surface area contributed by atoms with E-state index >= 15 is 0 Å². The summed E-state index contributed by atoms with van der Waals surface area (Å²) >= 11 is 1.54. The summed E-state index contributed by atoms with van der Waals surface area (Å²) in [5.41, 5.74) is 4.48. The number of nitrogens with zero attached hydrogens (tertiary/aromatic N) is 2. The Morgan fingerprint density at radius 1 is 1.42 bits per heavy atom. The highest BCUT2D eigenvalue weighted by atomic mass is 32.1. The van der Waals surface area contributed by atoms with Gasteiger partial charge in [-0.15, -0.1) is 11.3 Å². The first-order chi connectivity index (χ1) is 12.8. The maximum atomic E-state index is 12.5. The van der Waals surface area contributed by atoms with Crippen LogP contribution >= 0.6 is 11.3 Å². The third kappa shape index (κ3) is 4.09. The molecule has 2 N–H and O–H groups in total. The molecule has 136 valence electrons. The second kappa shape index (κ2) is 7.94. The number of hydrogen-bond acceptors (Lipinski definition) is 6. The van der Waals surface area contributed by atoms with E-state index in [1.54, 1.807) is 5.51 Å². The van der Waals surface area contributed by atoms with E-state index in [4.69, 9.17) is 9.47 Å². The lowest BCUT2D eigenvalue weighted by Gasteiger charge is -2.31. The Morgan fingerprint density at radius 3 is 3.19 bits per heavy atom. The minimum absolute atomic E-state index is 0.0701. The standard InChI is InChI=1S/C18H20N4O3S/c23-18(7-17-20-13-3-1-2-4-14(13)21-17)22-15-5-6-24-9-16(15)25-8-12-10-26-11-19-12/h1-4,10-11,15-16H,5-9H2,(H,20,21)(H,22,23). The largest absolute Gasteiger partial charge is 0.379 e. The number of ether oxygens (including phenoxy) is 2. The van der Waals surface area contributed by atoms with E-state index in [9.17, 15) is 4.79 Å². The van der Waals surface area contributed by atoms with Crippen LogP contribution in [0.5, 0.6) is 0 Å². The van der Waals surface area contributed by atoms with E-state index < -0.39 is 0 Å². The lowest BCUT2D eigenvalue weighted by atomic mass is 10.1. The Hall–Kier alpha value is -2.29. The second-order valence-corrected chi connectivity index (χ2v) is 6.96. The lowest BCUT2D eigenvalue weighted by Crippen LogP contribution is -2.50. The van der Waals surface area contributed by atoms with Gasteiger partial charge in [0.05, 0.1) is 47.9 Å². The maximum Gasteiger partial charge on any atom is 0.227 e. The van der Waals surface area contributed by atoms with Crippen LogP contribution in [0.1, 0.15) is 17.9 Å². The van der Waals surface area contributed by atoms with Gasteiger partial charge in [-0.25, -0.2) is 9.97 Å². The Morgan fingerprint density at radius 2 is 2.35 bits per heavy atom. The van der Waals surface area contributed by atoms with Crippen LogP contribution in [-0.2, 0) is 27.3 Å². The molecule has 1 aromatic carbocycles. The summed E-state index contributed by atoms with van der Waals surface area (Å²) in [7, 11) is 0. The number of fused-ring (bicyclic) bond motifs is 1. The summed E-state index contributed by atoms with van der Waals surface area (Å²) in [5, 5.41) is 5.03. The molecule has 26 heavy (non-hydrogen) atoms. The summed E-state index contributed by atoms with van der Waals surface area (Å²) in [4.78, 5) is 24.3. The van der Waals surface area contributed by atoms with E-state index in [0.717, 1.165) is 23.1 Å². The van der Waals surface area contributed by atoms with Crippen LogP contribution in [0.3, 0.4) is 0 Å². The van der Waals surface area contributed by atoms with Crippen molar-refractivity contribution in [2.45, 2.75) is 31.6 Å². The number of H-pyrrole nitrogens is 1. The summed E-state index contributed by atoms with van der Waals surface area (Å²) in [6, 6.07) is 7.67. The molecule has 1 aliphatic rings. The van der Waals surface area contributed by atoms with E-state index in [0.29, 0.717) is 25.6 Å². The highest BCUT2D eigenvalue weighted by Crippen LogP contribution is 2.15. The highest BCUT2D eigenvalue weighted by molar-refractivity contribution is 7.07. The average Bonchev–Trinajstić information content (AvgIpc) is 3.29. The van der Waals surface area contributed by atoms with Crippen LogP contribution in [0, 0.1) is 0 Å². The molecule has 3 aromatic rings. The molecule has 0 radical (unpaired) electrons. The lowest BCUT2D eigenvalue weighted by molar-refractivity contribution is -0.126. The van der Waals surface area contributed by atoms with E-state index in [1.165, 1.54) is 11.3 Å². The molecular weight excluding hydrogens is 352 g/mol. The van der Waals surface area contributed by atoms with E-state index in [1.807, 2.05) is 29.6 Å². The zero-order chi connectivity index (χ0) is 17.8. The number of nitrogens with one attached hydrogen (secondary N) is 2. The quantitative estimate of drug-likeness (QED) is 0.691. The number of carbonyl (C=O) groups excluding carboxylic acids is 1. The first-order valence-corrected chi connectivity index (χ1v) is 9.51. The van der Waals surface area contributed by atoms with E-state index in [-0.39, 0.29) is 24.5 Å². The summed E-state index contributed by atoms with van der Waals surface area (Å²) in [5.74, 6) is 0.592. The van der Waals surface area contributed by atoms with E-state index in [2.05, 4.69) is 20.3 Å². The van der Waals surface area contributed by atoms with Crippen LogP contribution in [0.2, 0.25) is 0 Å². The first-order valence-electron chi connectivity index (χ1n) is 8.57. The zero-order valence-corrected chi connectivity index (χ0v) is 15.0. The van der Waals surface area contributed by atoms with Crippen molar-refractivity contribution in [3.8, 4) is 0 Å². The molecule has 1 saturated heterocycles. The summed E-state index contributed by atoms with van der Waals surface area (Å²) < 4.78 is 11.4. The third-order valence-corrected chi connectivity index (χ3v) is 4.98. The minimum Gasteiger partial charge on any atom is -0.379 e. The SMILES string of the molecule is O=C(Cc1nc2ccccc2[nH]1)NC1CCOCC1OCc1cscn1. The molecule has 0 saturated carbocycles. The van der Waals surface area contributed by atoms with Gasteiger partial charge >= 0.3 is 0 Å². The number of rotatable bonds is 6. The number of amides is 1. The van der Waals surface area contributed by atoms with Crippen molar-refractivity contribution < 1.29 is 14.3 Å². The summed E-state index contributed by atoms with van der Waals surface area (Å²) in [6.45, 7) is 1.51. The van der Waals surface area contributed by atoms with Gasteiger partial charge in [0, 0.05) is 12.0 Å². The predicted molar refractivity (Wildman–Crippen MR) is 97.9 cm³/mol. The van der Waals surface area contributed by atoms with Crippen molar-refractivity contribution in [1.29, 1.82) is 0 Å². The van der Waals surface area contributed by atoms with Gasteiger partial charge in [0.2, 0.25) is 5.91 Å². The number of thiazole rings is 1. The molecule has 4 rings (SSSR count). The van der Waals surface area contributed by atoms with Gasteiger partial charge in [-0.3, -0.25) is 4.79 Å². The third-order valence-electron chi connectivity index (χ3n) is 4.35. The fourth-order valence-corrected chi connectivity index (χ4v) is 3.58. The number of aromatic amines is 1.